The van der Waals surface area contributed by atoms with E-state index in [1.165, 1.54) is 52.9 Å². The second kappa shape index (κ2) is 9.80. The average Bonchev–Trinajstić information content (AvgIpc) is 2.85. The van der Waals surface area contributed by atoms with Crippen LogP contribution in [0, 0.1) is 5.82 Å². The fraction of sp³-hybridized carbons (Fsp3) is 0.192. The fourth-order valence-corrected chi connectivity index (χ4v) is 4.03. The van der Waals surface area contributed by atoms with Crippen molar-refractivity contribution < 1.29 is 22.4 Å². The first kappa shape index (κ1) is 24.9. The van der Waals surface area contributed by atoms with Crippen molar-refractivity contribution in [2.75, 3.05) is 12.4 Å². The van der Waals surface area contributed by atoms with Gasteiger partial charge in [0.05, 0.1) is 33.9 Å². The number of aromatic nitrogens is 2. The molecule has 0 aliphatic carbocycles. The largest absolute Gasteiger partial charge is 0.418 e. The van der Waals surface area contributed by atoms with E-state index in [9.17, 15) is 27.2 Å². The Morgan fingerprint density at radius 3 is 2.33 bits per heavy atom. The number of fused-ring (bicyclic) bond motifs is 1. The lowest BCUT2D eigenvalue weighted by atomic mass is 10.1. The molecule has 4 aromatic rings. The van der Waals surface area contributed by atoms with Gasteiger partial charge in [-0.1, -0.05) is 31.2 Å². The molecule has 36 heavy (non-hydrogen) atoms. The SMILES string of the molecule is CCC(c1nc2ccccc2c(=O)n1-c1ccc(F)cc1)N(C)C(=O)Nc1ccccc1C(F)(F)F. The van der Waals surface area contributed by atoms with Gasteiger partial charge in [0.1, 0.15) is 11.6 Å². The van der Waals surface area contributed by atoms with Crippen molar-refractivity contribution in [3.63, 3.8) is 0 Å². The molecule has 1 heterocycles. The number of urea groups is 1. The first-order valence-corrected chi connectivity index (χ1v) is 11.1. The molecular weight excluding hydrogens is 476 g/mol. The Bertz CT molecular complexity index is 1470. The van der Waals surface area contributed by atoms with E-state index < -0.39 is 35.2 Å². The van der Waals surface area contributed by atoms with Crippen LogP contribution in [0.4, 0.5) is 28.0 Å². The molecule has 0 radical (unpaired) electrons. The predicted molar refractivity (Wildman–Crippen MR) is 129 cm³/mol. The Balaban J connectivity index is 1.80. The van der Waals surface area contributed by atoms with Crippen LogP contribution >= 0.6 is 0 Å². The molecule has 0 fully saturated rings. The molecule has 1 N–H and O–H groups in total. The molecule has 186 valence electrons. The van der Waals surface area contributed by atoms with Gasteiger partial charge in [0, 0.05) is 7.05 Å². The molecule has 0 saturated carbocycles. The molecular formula is C26H22F4N4O2. The van der Waals surface area contributed by atoms with Crippen molar-refractivity contribution in [2.24, 2.45) is 0 Å². The molecule has 4 rings (SSSR count). The Hall–Kier alpha value is -4.21. The minimum atomic E-state index is -4.66. The van der Waals surface area contributed by atoms with E-state index >= 15 is 0 Å². The summed E-state index contributed by atoms with van der Waals surface area (Å²) in [6.45, 7) is 1.76. The first-order valence-electron chi connectivity index (χ1n) is 11.1. The number of carbonyl (C=O) groups is 1. The van der Waals surface area contributed by atoms with Gasteiger partial charge in [-0.15, -0.1) is 0 Å². The zero-order valence-electron chi connectivity index (χ0n) is 19.4. The maximum Gasteiger partial charge on any atom is 0.418 e. The van der Waals surface area contributed by atoms with Crippen LogP contribution in [0.3, 0.4) is 0 Å². The van der Waals surface area contributed by atoms with Crippen LogP contribution in [-0.4, -0.2) is 27.5 Å². The molecule has 1 unspecified atom stereocenters. The molecule has 0 saturated heterocycles. The maximum absolute atomic E-state index is 13.6. The third-order valence-electron chi connectivity index (χ3n) is 5.83. The number of para-hydroxylation sites is 2. The number of hydrogen-bond donors (Lipinski definition) is 1. The second-order valence-electron chi connectivity index (χ2n) is 8.11. The summed E-state index contributed by atoms with van der Waals surface area (Å²) in [5.74, 6) is -0.302. The summed E-state index contributed by atoms with van der Waals surface area (Å²) in [7, 11) is 1.41. The van der Waals surface area contributed by atoms with Gasteiger partial charge in [0.15, 0.2) is 0 Å². The highest BCUT2D eigenvalue weighted by Crippen LogP contribution is 2.35. The van der Waals surface area contributed by atoms with E-state index in [1.54, 1.807) is 31.2 Å². The van der Waals surface area contributed by atoms with Crippen molar-refractivity contribution in [3.05, 3.63) is 100 Å². The number of carbonyl (C=O) groups excluding carboxylic acids is 1. The summed E-state index contributed by atoms with van der Waals surface area (Å²) in [6.07, 6.45) is -4.37. The van der Waals surface area contributed by atoms with Crippen LogP contribution in [0.25, 0.3) is 16.6 Å². The number of anilines is 1. The molecule has 2 amide bonds. The van der Waals surface area contributed by atoms with Gasteiger partial charge in [-0.3, -0.25) is 9.36 Å². The molecule has 0 spiro atoms. The first-order chi connectivity index (χ1) is 17.1. The summed E-state index contributed by atoms with van der Waals surface area (Å²) < 4.78 is 55.1. The Kier molecular flexibility index (Phi) is 6.78. The normalized spacial score (nSPS) is 12.4. The number of halogens is 4. The molecule has 10 heteroatoms. The van der Waals surface area contributed by atoms with E-state index in [-0.39, 0.29) is 17.9 Å². The number of rotatable bonds is 5. The van der Waals surface area contributed by atoms with Gasteiger partial charge in [0.2, 0.25) is 0 Å². The van der Waals surface area contributed by atoms with Crippen molar-refractivity contribution in [1.82, 2.24) is 14.5 Å². The van der Waals surface area contributed by atoms with Crippen molar-refractivity contribution in [1.29, 1.82) is 0 Å². The van der Waals surface area contributed by atoms with Crippen molar-refractivity contribution >= 4 is 22.6 Å². The van der Waals surface area contributed by atoms with Crippen molar-refractivity contribution in [2.45, 2.75) is 25.6 Å². The highest BCUT2D eigenvalue weighted by Gasteiger charge is 2.34. The third-order valence-corrected chi connectivity index (χ3v) is 5.83. The number of amides is 2. The van der Waals surface area contributed by atoms with Crippen LogP contribution in [0.2, 0.25) is 0 Å². The minimum Gasteiger partial charge on any atom is -0.317 e. The lowest BCUT2D eigenvalue weighted by Crippen LogP contribution is -2.38. The third kappa shape index (κ3) is 4.79. The number of nitrogens with zero attached hydrogens (tertiary/aromatic N) is 3. The van der Waals surface area contributed by atoms with E-state index in [0.29, 0.717) is 16.6 Å². The van der Waals surface area contributed by atoms with E-state index in [2.05, 4.69) is 10.3 Å². The van der Waals surface area contributed by atoms with Gasteiger partial charge in [-0.05, 0) is 55.0 Å². The molecule has 0 aliphatic heterocycles. The summed E-state index contributed by atoms with van der Waals surface area (Å²) >= 11 is 0. The Labute approximate surface area is 203 Å². The summed E-state index contributed by atoms with van der Waals surface area (Å²) in [5, 5.41) is 2.65. The van der Waals surface area contributed by atoms with Crippen LogP contribution in [0.15, 0.2) is 77.6 Å². The van der Waals surface area contributed by atoms with Crippen LogP contribution in [0.1, 0.15) is 30.8 Å². The fourth-order valence-electron chi connectivity index (χ4n) is 4.03. The van der Waals surface area contributed by atoms with Gasteiger partial charge < -0.3 is 10.2 Å². The zero-order chi connectivity index (χ0) is 26.0. The number of alkyl halides is 3. The lowest BCUT2D eigenvalue weighted by Gasteiger charge is -2.29. The smallest absolute Gasteiger partial charge is 0.317 e. The van der Waals surface area contributed by atoms with E-state index in [0.717, 1.165) is 12.1 Å². The number of hydrogen-bond acceptors (Lipinski definition) is 3. The summed E-state index contributed by atoms with van der Waals surface area (Å²) in [5.41, 5.74) is -1.06. The van der Waals surface area contributed by atoms with Gasteiger partial charge in [-0.2, -0.15) is 13.2 Å². The second-order valence-corrected chi connectivity index (χ2v) is 8.11. The highest BCUT2D eigenvalue weighted by molar-refractivity contribution is 5.90. The monoisotopic (exact) mass is 498 g/mol. The molecule has 0 bridgehead atoms. The Morgan fingerprint density at radius 2 is 1.67 bits per heavy atom. The van der Waals surface area contributed by atoms with Gasteiger partial charge in [0.25, 0.3) is 5.56 Å². The predicted octanol–water partition coefficient (Wildman–Crippen LogP) is 6.16. The summed E-state index contributed by atoms with van der Waals surface area (Å²) in [6, 6.07) is 15.0. The average molecular weight is 498 g/mol. The minimum absolute atomic E-state index is 0.189. The highest BCUT2D eigenvalue weighted by atomic mass is 19.4. The quantitative estimate of drug-likeness (QED) is 0.335. The van der Waals surface area contributed by atoms with Gasteiger partial charge in [-0.25, -0.2) is 14.2 Å². The van der Waals surface area contributed by atoms with Crippen LogP contribution in [-0.2, 0) is 6.18 Å². The topological polar surface area (TPSA) is 67.2 Å². The van der Waals surface area contributed by atoms with Crippen LogP contribution in [0.5, 0.6) is 0 Å². The molecule has 1 atom stereocenters. The van der Waals surface area contributed by atoms with Crippen molar-refractivity contribution in [3.8, 4) is 5.69 Å². The van der Waals surface area contributed by atoms with E-state index in [1.807, 2.05) is 0 Å². The zero-order valence-corrected chi connectivity index (χ0v) is 19.4. The van der Waals surface area contributed by atoms with E-state index in [4.69, 9.17) is 0 Å². The molecule has 6 nitrogen and oxygen atoms in total. The maximum atomic E-state index is 13.6. The van der Waals surface area contributed by atoms with Gasteiger partial charge >= 0.3 is 12.2 Å². The summed E-state index contributed by atoms with van der Waals surface area (Å²) in [4.78, 5) is 32.4. The molecule has 3 aromatic carbocycles. The number of nitrogens with one attached hydrogen (secondary N) is 1. The standard InChI is InChI=1S/C26H22F4N4O2/c1-3-22(33(2)25(36)32-21-11-7-5-9-19(21)26(28,29)30)23-31-20-10-6-4-8-18(20)24(35)34(23)17-14-12-16(27)13-15-17/h4-15,22H,3H2,1-2H3,(H,32,36). The number of benzene rings is 3. The Morgan fingerprint density at radius 1 is 1.03 bits per heavy atom. The molecule has 0 aliphatic rings. The molecule has 1 aromatic heterocycles. The van der Waals surface area contributed by atoms with Crippen LogP contribution < -0.4 is 10.9 Å². The lowest BCUT2D eigenvalue weighted by molar-refractivity contribution is -0.136.